The van der Waals surface area contributed by atoms with Crippen LogP contribution in [-0.2, 0) is 20.0 Å². The van der Waals surface area contributed by atoms with Crippen LogP contribution in [0.3, 0.4) is 0 Å². The number of hydrogen-bond acceptors (Lipinski definition) is 3. The van der Waals surface area contributed by atoms with Crippen molar-refractivity contribution in [3.63, 3.8) is 0 Å². The van der Waals surface area contributed by atoms with Crippen LogP contribution in [0.15, 0.2) is 36.8 Å². The Kier molecular flexibility index (Phi) is 3.75. The number of nitrogens with two attached hydrogens (primary N) is 1. The zero-order valence-electron chi connectivity index (χ0n) is 12.5. The maximum atomic E-state index is 6.12. The van der Waals surface area contributed by atoms with Gasteiger partial charge in [-0.2, -0.15) is 5.10 Å². The molecular formula is C16H21N5. The Morgan fingerprint density at radius 1 is 1.33 bits per heavy atom. The lowest BCUT2D eigenvalue weighted by atomic mass is 10.1. The van der Waals surface area contributed by atoms with Crippen LogP contribution in [0.1, 0.15) is 24.6 Å². The largest absolute Gasteiger partial charge is 0.327 e. The van der Waals surface area contributed by atoms with Crippen molar-refractivity contribution >= 4 is 11.0 Å². The van der Waals surface area contributed by atoms with Crippen molar-refractivity contribution in [1.82, 2.24) is 19.3 Å². The van der Waals surface area contributed by atoms with Crippen molar-refractivity contribution < 1.29 is 0 Å². The molecule has 5 nitrogen and oxygen atoms in total. The fourth-order valence-electron chi connectivity index (χ4n) is 2.63. The molecule has 0 amide bonds. The van der Waals surface area contributed by atoms with Gasteiger partial charge in [-0.1, -0.05) is 6.92 Å². The van der Waals surface area contributed by atoms with E-state index < -0.39 is 0 Å². The topological polar surface area (TPSA) is 61.7 Å². The highest BCUT2D eigenvalue weighted by atomic mass is 15.3. The van der Waals surface area contributed by atoms with Crippen molar-refractivity contribution in [3.05, 3.63) is 48.0 Å². The minimum Gasteiger partial charge on any atom is -0.327 e. The molecule has 0 aliphatic carbocycles. The normalized spacial score (nSPS) is 12.9. The Bertz CT molecular complexity index is 740. The maximum Gasteiger partial charge on any atom is 0.140 e. The van der Waals surface area contributed by atoms with E-state index in [1.807, 2.05) is 36.3 Å². The first-order chi connectivity index (χ1) is 10.2. The number of fused-ring (bicyclic) bond motifs is 1. The molecule has 3 rings (SSSR count). The number of nitrogens with zero attached hydrogens (tertiary/aromatic N) is 4. The Labute approximate surface area is 124 Å². The van der Waals surface area contributed by atoms with E-state index in [9.17, 15) is 0 Å². The quantitative estimate of drug-likeness (QED) is 0.780. The summed E-state index contributed by atoms with van der Waals surface area (Å²) in [4.78, 5) is 4.53. The van der Waals surface area contributed by atoms with Crippen LogP contribution < -0.4 is 5.73 Å². The van der Waals surface area contributed by atoms with Gasteiger partial charge in [-0.15, -0.1) is 0 Å². The molecular weight excluding hydrogens is 262 g/mol. The molecule has 0 spiro atoms. The van der Waals surface area contributed by atoms with Gasteiger partial charge in [0.15, 0.2) is 0 Å². The molecule has 3 heterocycles. The monoisotopic (exact) mass is 283 g/mol. The van der Waals surface area contributed by atoms with Gasteiger partial charge in [-0.3, -0.25) is 4.68 Å². The molecule has 0 aliphatic heterocycles. The highest BCUT2D eigenvalue weighted by Crippen LogP contribution is 2.21. The molecule has 3 aromatic rings. The van der Waals surface area contributed by atoms with Crippen LogP contribution >= 0.6 is 0 Å². The molecule has 2 N–H and O–H groups in total. The van der Waals surface area contributed by atoms with Gasteiger partial charge in [0, 0.05) is 37.1 Å². The SMILES string of the molecule is CCC(N)Cc1cn(Cc2ccn(C)n2)c2ncccc12. The van der Waals surface area contributed by atoms with Crippen LogP contribution in [0.5, 0.6) is 0 Å². The maximum absolute atomic E-state index is 6.12. The summed E-state index contributed by atoms with van der Waals surface area (Å²) < 4.78 is 3.98. The van der Waals surface area contributed by atoms with E-state index >= 15 is 0 Å². The fourth-order valence-corrected chi connectivity index (χ4v) is 2.63. The number of aryl methyl sites for hydroxylation is 1. The Hall–Kier alpha value is -2.14. The number of rotatable bonds is 5. The molecule has 0 bridgehead atoms. The van der Waals surface area contributed by atoms with Crippen LogP contribution in [0.2, 0.25) is 0 Å². The minimum absolute atomic E-state index is 0.194. The summed E-state index contributed by atoms with van der Waals surface area (Å²) in [6.07, 6.45) is 7.83. The second-order valence-electron chi connectivity index (χ2n) is 5.51. The molecule has 0 saturated carbocycles. The molecule has 110 valence electrons. The van der Waals surface area contributed by atoms with Gasteiger partial charge in [-0.05, 0) is 36.6 Å². The standard InChI is InChI=1S/C16H21N5/c1-3-13(17)9-12-10-21(11-14-6-8-20(2)19-14)16-15(12)5-4-7-18-16/h4-8,10,13H,3,9,11,17H2,1-2H3. The van der Waals surface area contributed by atoms with E-state index in [1.165, 1.54) is 10.9 Å². The predicted octanol–water partition coefficient (Wildman–Crippen LogP) is 2.10. The van der Waals surface area contributed by atoms with Gasteiger partial charge >= 0.3 is 0 Å². The lowest BCUT2D eigenvalue weighted by Gasteiger charge is -2.06. The lowest BCUT2D eigenvalue weighted by Crippen LogP contribution is -2.21. The predicted molar refractivity (Wildman–Crippen MR) is 84.0 cm³/mol. The molecule has 3 aromatic heterocycles. The van der Waals surface area contributed by atoms with Crippen molar-refractivity contribution in [3.8, 4) is 0 Å². The highest BCUT2D eigenvalue weighted by Gasteiger charge is 2.12. The van der Waals surface area contributed by atoms with E-state index in [4.69, 9.17) is 5.73 Å². The molecule has 0 aliphatic rings. The Morgan fingerprint density at radius 2 is 2.19 bits per heavy atom. The lowest BCUT2D eigenvalue weighted by molar-refractivity contribution is 0.646. The second-order valence-corrected chi connectivity index (χ2v) is 5.51. The Morgan fingerprint density at radius 3 is 2.90 bits per heavy atom. The Balaban J connectivity index is 1.98. The molecule has 0 fully saturated rings. The van der Waals surface area contributed by atoms with E-state index in [0.717, 1.165) is 30.7 Å². The first kappa shape index (κ1) is 13.8. The average molecular weight is 283 g/mol. The summed E-state index contributed by atoms with van der Waals surface area (Å²) in [7, 11) is 1.93. The van der Waals surface area contributed by atoms with Crippen molar-refractivity contribution in [1.29, 1.82) is 0 Å². The molecule has 0 saturated heterocycles. The third-order valence-corrected chi connectivity index (χ3v) is 3.82. The van der Waals surface area contributed by atoms with Gasteiger partial charge in [0.05, 0.1) is 12.2 Å². The van der Waals surface area contributed by atoms with Crippen molar-refractivity contribution in [2.24, 2.45) is 12.8 Å². The highest BCUT2D eigenvalue weighted by molar-refractivity contribution is 5.80. The summed E-state index contributed by atoms with van der Waals surface area (Å²) in [6.45, 7) is 2.85. The first-order valence-electron chi connectivity index (χ1n) is 7.34. The van der Waals surface area contributed by atoms with Gasteiger partial charge in [-0.25, -0.2) is 4.98 Å². The molecule has 1 atom stereocenters. The summed E-state index contributed by atoms with van der Waals surface area (Å²) in [5.41, 5.74) is 9.42. The molecule has 5 heteroatoms. The van der Waals surface area contributed by atoms with Crippen LogP contribution in [0.25, 0.3) is 11.0 Å². The third kappa shape index (κ3) is 2.83. The average Bonchev–Trinajstić information content (AvgIpc) is 3.04. The van der Waals surface area contributed by atoms with E-state index in [0.29, 0.717) is 0 Å². The van der Waals surface area contributed by atoms with E-state index in [1.54, 1.807) is 0 Å². The second kappa shape index (κ2) is 5.69. The van der Waals surface area contributed by atoms with Gasteiger partial charge in [0.2, 0.25) is 0 Å². The van der Waals surface area contributed by atoms with Crippen molar-refractivity contribution in [2.45, 2.75) is 32.4 Å². The zero-order chi connectivity index (χ0) is 14.8. The third-order valence-electron chi connectivity index (χ3n) is 3.82. The molecule has 0 radical (unpaired) electrons. The smallest absolute Gasteiger partial charge is 0.140 e. The summed E-state index contributed by atoms with van der Waals surface area (Å²) in [6, 6.07) is 6.33. The number of aromatic nitrogens is 4. The molecule has 1 unspecified atom stereocenters. The summed E-state index contributed by atoms with van der Waals surface area (Å²) in [5.74, 6) is 0. The number of pyridine rings is 1. The van der Waals surface area contributed by atoms with Gasteiger partial charge < -0.3 is 10.3 Å². The summed E-state index contributed by atoms with van der Waals surface area (Å²) in [5, 5.41) is 5.63. The first-order valence-corrected chi connectivity index (χ1v) is 7.34. The molecule has 0 aromatic carbocycles. The van der Waals surface area contributed by atoms with Gasteiger partial charge in [0.1, 0.15) is 5.65 Å². The minimum atomic E-state index is 0.194. The van der Waals surface area contributed by atoms with E-state index in [2.05, 4.69) is 33.8 Å². The van der Waals surface area contributed by atoms with Crippen molar-refractivity contribution in [2.75, 3.05) is 0 Å². The fraction of sp³-hybridized carbons (Fsp3) is 0.375. The van der Waals surface area contributed by atoms with Crippen LogP contribution in [0, 0.1) is 0 Å². The van der Waals surface area contributed by atoms with Crippen LogP contribution in [0.4, 0.5) is 0 Å². The molecule has 21 heavy (non-hydrogen) atoms. The summed E-state index contributed by atoms with van der Waals surface area (Å²) >= 11 is 0. The van der Waals surface area contributed by atoms with Crippen LogP contribution in [-0.4, -0.2) is 25.4 Å². The van der Waals surface area contributed by atoms with E-state index in [-0.39, 0.29) is 6.04 Å². The number of hydrogen-bond donors (Lipinski definition) is 1. The zero-order valence-corrected chi connectivity index (χ0v) is 12.5. The van der Waals surface area contributed by atoms with Gasteiger partial charge in [0.25, 0.3) is 0 Å².